The zero-order valence-corrected chi connectivity index (χ0v) is 15.9. The molecule has 1 unspecified atom stereocenters. The largest absolute Gasteiger partial charge is 0.497 e. The first-order chi connectivity index (χ1) is 12.5. The molecule has 2 N–H and O–H groups in total. The van der Waals surface area contributed by atoms with E-state index in [1.54, 1.807) is 31.4 Å². The summed E-state index contributed by atoms with van der Waals surface area (Å²) < 4.78 is 32.7. The molecule has 0 radical (unpaired) electrons. The summed E-state index contributed by atoms with van der Waals surface area (Å²) in [5, 5.41) is 7.03. The van der Waals surface area contributed by atoms with Crippen molar-refractivity contribution in [1.82, 2.24) is 24.8 Å². The van der Waals surface area contributed by atoms with Gasteiger partial charge in [0, 0.05) is 13.1 Å². The highest BCUT2D eigenvalue weighted by Gasteiger charge is 2.23. The van der Waals surface area contributed by atoms with Crippen LogP contribution in [0.1, 0.15) is 24.5 Å². The summed E-state index contributed by atoms with van der Waals surface area (Å²) in [6, 6.07) is 6.41. The molecule has 2 heterocycles. The van der Waals surface area contributed by atoms with Crippen LogP contribution in [0.25, 0.3) is 0 Å². The molecule has 3 rings (SSSR count). The number of likely N-dealkylation sites (tertiary alicyclic amines) is 1. The maximum absolute atomic E-state index is 12.5. The number of rotatable bonds is 7. The summed E-state index contributed by atoms with van der Waals surface area (Å²) in [6.45, 7) is 4.81. The van der Waals surface area contributed by atoms with E-state index in [1.165, 1.54) is 0 Å². The van der Waals surface area contributed by atoms with Gasteiger partial charge >= 0.3 is 0 Å². The van der Waals surface area contributed by atoms with Crippen LogP contribution in [-0.4, -0.2) is 55.2 Å². The Balaban J connectivity index is 1.54. The highest BCUT2D eigenvalue weighted by Crippen LogP contribution is 2.19. The van der Waals surface area contributed by atoms with E-state index >= 15 is 0 Å². The molecule has 1 aromatic carbocycles. The number of hydrogen-bond donors (Lipinski definition) is 2. The number of aryl methyl sites for hydroxylation is 1. The summed E-state index contributed by atoms with van der Waals surface area (Å²) >= 11 is 0. The number of nitrogens with zero attached hydrogens (tertiary/aromatic N) is 3. The summed E-state index contributed by atoms with van der Waals surface area (Å²) in [6.07, 6.45) is 2.05. The third-order valence-electron chi connectivity index (χ3n) is 4.54. The maximum atomic E-state index is 12.5. The number of aromatic amines is 1. The number of sulfonamides is 1. The lowest BCUT2D eigenvalue weighted by Gasteiger charge is -2.32. The first-order valence-electron chi connectivity index (χ1n) is 8.70. The normalized spacial score (nSPS) is 18.8. The Hall–Kier alpha value is -1.97. The third-order valence-corrected chi connectivity index (χ3v) is 5.98. The summed E-state index contributed by atoms with van der Waals surface area (Å²) in [5.41, 5.74) is 0. The van der Waals surface area contributed by atoms with E-state index in [4.69, 9.17) is 4.74 Å². The van der Waals surface area contributed by atoms with Crippen molar-refractivity contribution in [1.29, 1.82) is 0 Å². The average Bonchev–Trinajstić information content (AvgIpc) is 3.05. The Morgan fingerprint density at radius 1 is 1.35 bits per heavy atom. The van der Waals surface area contributed by atoms with Crippen LogP contribution in [-0.2, 0) is 16.6 Å². The van der Waals surface area contributed by atoms with Crippen LogP contribution in [0.15, 0.2) is 29.2 Å². The molecule has 1 saturated heterocycles. The molecule has 8 nitrogen and oxygen atoms in total. The summed E-state index contributed by atoms with van der Waals surface area (Å²) in [7, 11) is -1.96. The van der Waals surface area contributed by atoms with Gasteiger partial charge in [-0.2, -0.15) is 5.10 Å². The molecule has 142 valence electrons. The molecule has 0 aliphatic carbocycles. The predicted molar refractivity (Wildman–Crippen MR) is 97.3 cm³/mol. The molecule has 0 bridgehead atoms. The van der Waals surface area contributed by atoms with Crippen molar-refractivity contribution in [3.8, 4) is 5.75 Å². The minimum atomic E-state index is -3.51. The third kappa shape index (κ3) is 4.80. The second-order valence-electron chi connectivity index (χ2n) is 6.61. The Kier molecular flexibility index (Phi) is 5.90. The number of hydrogen-bond acceptors (Lipinski definition) is 6. The van der Waals surface area contributed by atoms with Gasteiger partial charge in [-0.15, -0.1) is 0 Å². The van der Waals surface area contributed by atoms with E-state index in [-0.39, 0.29) is 10.8 Å². The number of piperidine rings is 1. The van der Waals surface area contributed by atoms with Crippen molar-refractivity contribution < 1.29 is 13.2 Å². The van der Waals surface area contributed by atoms with Crippen molar-refractivity contribution in [2.24, 2.45) is 5.92 Å². The van der Waals surface area contributed by atoms with Crippen molar-refractivity contribution in [2.45, 2.75) is 31.2 Å². The average molecular weight is 379 g/mol. The van der Waals surface area contributed by atoms with Crippen LogP contribution in [0.4, 0.5) is 0 Å². The number of benzene rings is 1. The molecule has 26 heavy (non-hydrogen) atoms. The first-order valence-corrected chi connectivity index (χ1v) is 10.2. The van der Waals surface area contributed by atoms with Crippen LogP contribution >= 0.6 is 0 Å². The summed E-state index contributed by atoms with van der Waals surface area (Å²) in [4.78, 5) is 6.87. The Labute approximate surface area is 154 Å². The van der Waals surface area contributed by atoms with Gasteiger partial charge in [0.25, 0.3) is 0 Å². The van der Waals surface area contributed by atoms with Crippen LogP contribution < -0.4 is 9.46 Å². The molecule has 2 aromatic rings. The Morgan fingerprint density at radius 3 is 2.77 bits per heavy atom. The molecule has 1 aliphatic rings. The Morgan fingerprint density at radius 2 is 2.12 bits per heavy atom. The molecule has 1 aliphatic heterocycles. The van der Waals surface area contributed by atoms with E-state index in [9.17, 15) is 8.42 Å². The van der Waals surface area contributed by atoms with Crippen molar-refractivity contribution in [3.05, 3.63) is 35.9 Å². The van der Waals surface area contributed by atoms with Gasteiger partial charge in [0.1, 0.15) is 11.6 Å². The topological polar surface area (TPSA) is 100 Å². The molecular formula is C17H25N5O3S. The molecule has 9 heteroatoms. The fraction of sp³-hybridized carbons (Fsp3) is 0.529. The summed E-state index contributed by atoms with van der Waals surface area (Å²) in [5.74, 6) is 2.49. The lowest BCUT2D eigenvalue weighted by Crippen LogP contribution is -2.40. The van der Waals surface area contributed by atoms with Gasteiger partial charge < -0.3 is 4.74 Å². The van der Waals surface area contributed by atoms with Crippen LogP contribution in [0, 0.1) is 12.8 Å². The molecule has 1 aromatic heterocycles. The van der Waals surface area contributed by atoms with Crippen LogP contribution in [0.5, 0.6) is 5.75 Å². The number of methoxy groups -OCH3 is 1. The zero-order valence-electron chi connectivity index (χ0n) is 15.1. The van der Waals surface area contributed by atoms with Gasteiger partial charge in [0.05, 0.1) is 18.6 Å². The van der Waals surface area contributed by atoms with E-state index < -0.39 is 10.0 Å². The van der Waals surface area contributed by atoms with Gasteiger partial charge in [-0.3, -0.25) is 10.00 Å². The molecule has 0 amide bonds. The van der Waals surface area contributed by atoms with Crippen LogP contribution in [0.2, 0.25) is 0 Å². The smallest absolute Gasteiger partial charge is 0.240 e. The predicted octanol–water partition coefficient (Wildman–Crippen LogP) is 1.31. The Bertz CT molecular complexity index is 819. The minimum Gasteiger partial charge on any atom is -0.497 e. The van der Waals surface area contributed by atoms with Crippen molar-refractivity contribution >= 4 is 10.0 Å². The number of ether oxygens (including phenoxy) is 1. The quantitative estimate of drug-likeness (QED) is 0.752. The maximum Gasteiger partial charge on any atom is 0.240 e. The monoisotopic (exact) mass is 379 g/mol. The first kappa shape index (κ1) is 18.8. The second kappa shape index (κ2) is 8.15. The van der Waals surface area contributed by atoms with Gasteiger partial charge in [-0.25, -0.2) is 18.1 Å². The lowest BCUT2D eigenvalue weighted by molar-refractivity contribution is 0.165. The fourth-order valence-corrected chi connectivity index (χ4v) is 4.30. The number of H-pyrrole nitrogens is 1. The van der Waals surface area contributed by atoms with Gasteiger partial charge in [-0.1, -0.05) is 0 Å². The van der Waals surface area contributed by atoms with E-state index in [0.29, 0.717) is 18.8 Å². The van der Waals surface area contributed by atoms with Gasteiger partial charge in [-0.05, 0) is 56.5 Å². The fourth-order valence-electron chi connectivity index (χ4n) is 3.19. The lowest BCUT2D eigenvalue weighted by atomic mass is 9.98. The second-order valence-corrected chi connectivity index (χ2v) is 8.37. The van der Waals surface area contributed by atoms with Crippen molar-refractivity contribution in [2.75, 3.05) is 26.7 Å². The molecule has 0 spiro atoms. The molecular weight excluding hydrogens is 354 g/mol. The number of nitrogens with one attached hydrogen (secondary N) is 2. The SMILES string of the molecule is COc1ccc(S(=O)(=O)NCC2CCCN(Cc3n[nH]c(C)n3)C2)cc1. The standard InChI is InChI=1S/C17H25N5O3S/c1-13-19-17(21-20-13)12-22-9-3-4-14(11-22)10-18-26(23,24)16-7-5-15(25-2)6-8-16/h5-8,14,18H,3-4,9-12H2,1-2H3,(H,19,20,21). The highest BCUT2D eigenvalue weighted by molar-refractivity contribution is 7.89. The number of aromatic nitrogens is 3. The van der Waals surface area contributed by atoms with Crippen LogP contribution in [0.3, 0.4) is 0 Å². The highest BCUT2D eigenvalue weighted by atomic mass is 32.2. The van der Waals surface area contributed by atoms with Crippen molar-refractivity contribution in [3.63, 3.8) is 0 Å². The van der Waals surface area contributed by atoms with E-state index in [0.717, 1.165) is 37.6 Å². The van der Waals surface area contributed by atoms with Gasteiger partial charge in [0.2, 0.25) is 10.0 Å². The van der Waals surface area contributed by atoms with Gasteiger partial charge in [0.15, 0.2) is 5.82 Å². The minimum absolute atomic E-state index is 0.252. The molecule has 1 atom stereocenters. The molecule has 1 fully saturated rings. The zero-order chi connectivity index (χ0) is 18.6. The van der Waals surface area contributed by atoms with E-state index in [1.807, 2.05) is 6.92 Å². The molecule has 0 saturated carbocycles. The van der Waals surface area contributed by atoms with E-state index in [2.05, 4.69) is 24.8 Å².